The lowest BCUT2D eigenvalue weighted by atomic mass is 10.1. The van der Waals surface area contributed by atoms with E-state index in [1.165, 1.54) is 16.3 Å². The number of rotatable bonds is 7. The van der Waals surface area contributed by atoms with Gasteiger partial charge in [0.25, 0.3) is 0 Å². The molecule has 0 bridgehead atoms. The maximum Gasteiger partial charge on any atom is 0.225 e. The molecule has 0 radical (unpaired) electrons. The summed E-state index contributed by atoms with van der Waals surface area (Å²) in [5.74, 6) is 0.565. The first-order valence-electron chi connectivity index (χ1n) is 8.46. The predicted octanol–water partition coefficient (Wildman–Crippen LogP) is 3.41. The lowest BCUT2D eigenvalue weighted by molar-refractivity contribution is -0.120. The number of hydrogen-bond donors (Lipinski definition) is 1. The van der Waals surface area contributed by atoms with Gasteiger partial charge >= 0.3 is 0 Å². The molecular weight excluding hydrogens is 368 g/mol. The Balaban J connectivity index is 1.45. The maximum atomic E-state index is 12.4. The molecule has 0 aliphatic heterocycles. The quantitative estimate of drug-likeness (QED) is 0.738. The van der Waals surface area contributed by atoms with Crippen LogP contribution in [0.1, 0.15) is 32.1 Å². The van der Waals surface area contributed by atoms with Crippen molar-refractivity contribution in [1.29, 1.82) is 0 Å². The molecule has 2 aliphatic carbocycles. The molecule has 0 saturated heterocycles. The van der Waals surface area contributed by atoms with Gasteiger partial charge in [-0.25, -0.2) is 4.57 Å². The number of allylic oxidation sites excluding steroid dienone is 4. The van der Waals surface area contributed by atoms with Crippen LogP contribution in [0.3, 0.4) is 0 Å². The standard InChI is InChI=1S/C18H18N4O2S2/c23-12-22-16(13-6-9-25-11-13)20-21-17(22)26-18(7-8-18)10-15(24)19-14-4-2-1-3-5-14/h1-2,4,6,9,11-12H,3,5,7-8,10H2,(H,19,24). The van der Waals surface area contributed by atoms with Crippen molar-refractivity contribution < 1.29 is 9.59 Å². The SMILES string of the molecule is O=Cn1c(SC2(CC(=O)NC3=CC=CCC3)CC2)nnc1-c1ccsc1. The molecule has 6 nitrogen and oxygen atoms in total. The van der Waals surface area contributed by atoms with E-state index in [9.17, 15) is 9.59 Å². The molecule has 0 aromatic carbocycles. The fourth-order valence-corrected chi connectivity index (χ4v) is 4.74. The molecule has 1 fully saturated rings. The second-order valence-corrected chi connectivity index (χ2v) is 8.68. The van der Waals surface area contributed by atoms with Gasteiger partial charge in [-0.15, -0.1) is 10.2 Å². The van der Waals surface area contributed by atoms with Crippen molar-refractivity contribution in [3.05, 3.63) is 40.8 Å². The van der Waals surface area contributed by atoms with Crippen molar-refractivity contribution in [2.24, 2.45) is 0 Å². The molecule has 2 heterocycles. The van der Waals surface area contributed by atoms with Gasteiger partial charge in [0, 0.05) is 27.8 Å². The molecule has 1 N–H and O–H groups in total. The van der Waals surface area contributed by atoms with Crippen molar-refractivity contribution in [3.8, 4) is 11.4 Å². The molecule has 26 heavy (non-hydrogen) atoms. The fraction of sp³-hybridized carbons (Fsp3) is 0.333. The topological polar surface area (TPSA) is 76.9 Å². The van der Waals surface area contributed by atoms with Crippen molar-refractivity contribution in [3.63, 3.8) is 0 Å². The Bertz CT molecular complexity index is 879. The van der Waals surface area contributed by atoms with Gasteiger partial charge in [-0.1, -0.05) is 23.9 Å². The molecule has 0 unspecified atom stereocenters. The summed E-state index contributed by atoms with van der Waals surface area (Å²) in [6.07, 6.45) is 10.9. The van der Waals surface area contributed by atoms with Gasteiger partial charge in [0.05, 0.1) is 0 Å². The van der Waals surface area contributed by atoms with E-state index in [0.717, 1.165) is 43.4 Å². The van der Waals surface area contributed by atoms with E-state index in [2.05, 4.69) is 21.6 Å². The highest BCUT2D eigenvalue weighted by Gasteiger charge is 2.47. The zero-order valence-corrected chi connectivity index (χ0v) is 15.7. The zero-order chi connectivity index (χ0) is 18.0. The zero-order valence-electron chi connectivity index (χ0n) is 14.1. The molecule has 1 amide bonds. The summed E-state index contributed by atoms with van der Waals surface area (Å²) in [6, 6.07) is 1.91. The van der Waals surface area contributed by atoms with Gasteiger partial charge in [0.15, 0.2) is 11.0 Å². The summed E-state index contributed by atoms with van der Waals surface area (Å²) >= 11 is 3.03. The second kappa shape index (κ2) is 7.20. The highest BCUT2D eigenvalue weighted by molar-refractivity contribution is 8.00. The van der Waals surface area contributed by atoms with Crippen LogP contribution in [0.25, 0.3) is 11.4 Å². The third kappa shape index (κ3) is 3.66. The lowest BCUT2D eigenvalue weighted by Gasteiger charge is -2.15. The molecular formula is C18H18N4O2S2. The third-order valence-corrected chi connectivity index (χ3v) is 6.59. The van der Waals surface area contributed by atoms with Crippen molar-refractivity contribution in [2.45, 2.75) is 42.0 Å². The second-order valence-electron chi connectivity index (χ2n) is 6.46. The van der Waals surface area contributed by atoms with E-state index >= 15 is 0 Å². The van der Waals surface area contributed by atoms with Crippen LogP contribution in [-0.4, -0.2) is 31.8 Å². The van der Waals surface area contributed by atoms with Gasteiger partial charge in [-0.05, 0) is 43.2 Å². The van der Waals surface area contributed by atoms with Crippen molar-refractivity contribution in [1.82, 2.24) is 20.1 Å². The Morgan fingerprint density at radius 2 is 2.31 bits per heavy atom. The smallest absolute Gasteiger partial charge is 0.225 e. The summed E-state index contributed by atoms with van der Waals surface area (Å²) in [7, 11) is 0. The number of thioether (sulfide) groups is 1. The summed E-state index contributed by atoms with van der Waals surface area (Å²) in [5, 5.41) is 15.8. The van der Waals surface area contributed by atoms with Crippen molar-refractivity contribution in [2.75, 3.05) is 0 Å². The number of hydrogen-bond acceptors (Lipinski definition) is 6. The largest absolute Gasteiger partial charge is 0.330 e. The molecule has 4 rings (SSSR count). The van der Waals surface area contributed by atoms with Crippen LogP contribution < -0.4 is 5.32 Å². The van der Waals surface area contributed by atoms with Gasteiger partial charge < -0.3 is 5.32 Å². The van der Waals surface area contributed by atoms with E-state index in [1.807, 2.05) is 29.0 Å². The Kier molecular flexibility index (Phi) is 4.78. The Morgan fingerprint density at radius 3 is 2.96 bits per heavy atom. The Morgan fingerprint density at radius 1 is 1.42 bits per heavy atom. The Labute approximate surface area is 159 Å². The summed E-state index contributed by atoms with van der Waals surface area (Å²) in [4.78, 5) is 24.0. The molecule has 0 atom stereocenters. The molecule has 2 aromatic rings. The van der Waals surface area contributed by atoms with Crippen LogP contribution in [-0.2, 0) is 9.59 Å². The number of thiophene rings is 1. The van der Waals surface area contributed by atoms with Gasteiger partial charge in [0.2, 0.25) is 12.3 Å². The number of carbonyl (C=O) groups excluding carboxylic acids is 2. The first-order chi connectivity index (χ1) is 12.7. The molecule has 8 heteroatoms. The van der Waals surface area contributed by atoms with E-state index in [-0.39, 0.29) is 10.7 Å². The van der Waals surface area contributed by atoms with Crippen molar-refractivity contribution >= 4 is 35.4 Å². The highest BCUT2D eigenvalue weighted by atomic mass is 32.2. The van der Waals surface area contributed by atoms with E-state index in [1.54, 1.807) is 11.3 Å². The molecule has 2 aliphatic rings. The molecule has 134 valence electrons. The monoisotopic (exact) mass is 386 g/mol. The van der Waals surface area contributed by atoms with Crippen LogP contribution in [0.2, 0.25) is 0 Å². The van der Waals surface area contributed by atoms with E-state index in [4.69, 9.17) is 0 Å². The van der Waals surface area contributed by atoms with Crippen LogP contribution in [0.15, 0.2) is 45.9 Å². The first-order valence-corrected chi connectivity index (χ1v) is 10.2. The van der Waals surface area contributed by atoms with E-state index in [0.29, 0.717) is 17.4 Å². The first kappa shape index (κ1) is 17.2. The summed E-state index contributed by atoms with van der Waals surface area (Å²) < 4.78 is 1.29. The minimum Gasteiger partial charge on any atom is -0.330 e. The number of amides is 1. The number of nitrogens with zero attached hydrogens (tertiary/aromatic N) is 3. The lowest BCUT2D eigenvalue weighted by Crippen LogP contribution is -2.27. The minimum absolute atomic E-state index is 0.0202. The van der Waals surface area contributed by atoms with Crippen LogP contribution in [0.4, 0.5) is 0 Å². The molecule has 0 spiro atoms. The average molecular weight is 387 g/mol. The number of nitrogens with one attached hydrogen (secondary N) is 1. The molecule has 1 saturated carbocycles. The number of aromatic nitrogens is 3. The number of carbonyl (C=O) groups is 2. The van der Waals surface area contributed by atoms with Gasteiger partial charge in [-0.3, -0.25) is 9.59 Å². The predicted molar refractivity (Wildman–Crippen MR) is 103 cm³/mol. The highest BCUT2D eigenvalue weighted by Crippen LogP contribution is 2.53. The van der Waals surface area contributed by atoms with Crippen LogP contribution in [0.5, 0.6) is 0 Å². The Hall–Kier alpha value is -2.19. The normalized spacial score (nSPS) is 17.6. The maximum absolute atomic E-state index is 12.4. The summed E-state index contributed by atoms with van der Waals surface area (Å²) in [6.45, 7) is 0. The van der Waals surface area contributed by atoms with Crippen LogP contribution in [0, 0.1) is 0 Å². The van der Waals surface area contributed by atoms with E-state index < -0.39 is 0 Å². The molecule has 2 aromatic heterocycles. The van der Waals surface area contributed by atoms with Crippen LogP contribution >= 0.6 is 23.1 Å². The van der Waals surface area contributed by atoms with Gasteiger partial charge in [0.1, 0.15) is 0 Å². The van der Waals surface area contributed by atoms with Gasteiger partial charge in [-0.2, -0.15) is 11.3 Å². The minimum atomic E-state index is -0.186. The third-order valence-electron chi connectivity index (χ3n) is 4.46. The average Bonchev–Trinajstić information content (AvgIpc) is 3.04. The summed E-state index contributed by atoms with van der Waals surface area (Å²) in [5.41, 5.74) is 1.84. The fourth-order valence-electron chi connectivity index (χ4n) is 2.90.